The van der Waals surface area contributed by atoms with E-state index >= 15 is 0 Å². The van der Waals surface area contributed by atoms with Crippen LogP contribution in [0.3, 0.4) is 0 Å². The lowest BCUT2D eigenvalue weighted by Gasteiger charge is -2.19. The van der Waals surface area contributed by atoms with E-state index in [2.05, 4.69) is 56.4 Å². The molecule has 0 aromatic heterocycles. The van der Waals surface area contributed by atoms with E-state index in [-0.39, 0.29) is 0 Å². The Morgan fingerprint density at radius 3 is 2.56 bits per heavy atom. The van der Waals surface area contributed by atoms with Crippen molar-refractivity contribution in [2.45, 2.75) is 39.5 Å². The predicted octanol–water partition coefficient (Wildman–Crippen LogP) is 4.06. The average molecular weight is 245 g/mol. The van der Waals surface area contributed by atoms with Gasteiger partial charge in [0, 0.05) is 0 Å². The Bertz CT molecular complexity index is 344. The van der Waals surface area contributed by atoms with E-state index in [0.717, 1.165) is 30.2 Å². The zero-order valence-electron chi connectivity index (χ0n) is 12.0. The second-order valence-electron chi connectivity index (χ2n) is 6.11. The molecule has 1 N–H and O–H groups in total. The zero-order chi connectivity index (χ0) is 13.0. The monoisotopic (exact) mass is 245 g/mol. The smallest absolute Gasteiger partial charge is 0.00177 e. The first-order valence-electron chi connectivity index (χ1n) is 7.48. The van der Waals surface area contributed by atoms with E-state index in [9.17, 15) is 0 Å². The van der Waals surface area contributed by atoms with Crippen molar-refractivity contribution in [3.63, 3.8) is 0 Å². The SMILES string of the molecule is CCNCC(CC(C)C)C1CC1c1ccccc1. The molecular formula is C17H27N. The van der Waals surface area contributed by atoms with E-state index in [4.69, 9.17) is 0 Å². The van der Waals surface area contributed by atoms with Gasteiger partial charge in [-0.3, -0.25) is 0 Å². The van der Waals surface area contributed by atoms with Gasteiger partial charge in [-0.25, -0.2) is 0 Å². The molecule has 1 aliphatic carbocycles. The summed E-state index contributed by atoms with van der Waals surface area (Å²) in [6.07, 6.45) is 2.76. The van der Waals surface area contributed by atoms with Gasteiger partial charge in [-0.05, 0) is 55.2 Å². The van der Waals surface area contributed by atoms with Crippen LogP contribution < -0.4 is 5.32 Å². The van der Waals surface area contributed by atoms with Crippen LogP contribution in [0.5, 0.6) is 0 Å². The van der Waals surface area contributed by atoms with Gasteiger partial charge in [0.05, 0.1) is 0 Å². The van der Waals surface area contributed by atoms with E-state index in [0.29, 0.717) is 0 Å². The van der Waals surface area contributed by atoms with E-state index < -0.39 is 0 Å². The molecule has 1 aliphatic rings. The fraction of sp³-hybridized carbons (Fsp3) is 0.647. The van der Waals surface area contributed by atoms with Gasteiger partial charge in [0.15, 0.2) is 0 Å². The molecule has 2 rings (SSSR count). The Morgan fingerprint density at radius 2 is 1.94 bits per heavy atom. The van der Waals surface area contributed by atoms with Crippen molar-refractivity contribution >= 4 is 0 Å². The standard InChI is InChI=1S/C17H27N/c1-4-18-12-15(10-13(2)3)17-11-16(17)14-8-6-5-7-9-14/h5-9,13,15-18H,4,10-12H2,1-3H3. The van der Waals surface area contributed by atoms with Crippen LogP contribution in [0, 0.1) is 17.8 Å². The first-order valence-corrected chi connectivity index (χ1v) is 7.48. The highest BCUT2D eigenvalue weighted by atomic mass is 14.9. The molecule has 0 spiro atoms. The fourth-order valence-corrected chi connectivity index (χ4v) is 3.16. The van der Waals surface area contributed by atoms with Gasteiger partial charge < -0.3 is 5.32 Å². The molecule has 1 nitrogen and oxygen atoms in total. The van der Waals surface area contributed by atoms with Crippen molar-refractivity contribution in [2.24, 2.45) is 17.8 Å². The molecule has 3 atom stereocenters. The minimum Gasteiger partial charge on any atom is -0.317 e. The van der Waals surface area contributed by atoms with Gasteiger partial charge in [0.25, 0.3) is 0 Å². The van der Waals surface area contributed by atoms with Crippen LogP contribution in [0.4, 0.5) is 0 Å². The summed E-state index contributed by atoms with van der Waals surface area (Å²) in [6.45, 7) is 9.19. The van der Waals surface area contributed by atoms with Crippen LogP contribution >= 0.6 is 0 Å². The van der Waals surface area contributed by atoms with Crippen LogP contribution in [0.2, 0.25) is 0 Å². The maximum atomic E-state index is 3.55. The summed E-state index contributed by atoms with van der Waals surface area (Å²) in [5, 5.41) is 3.55. The van der Waals surface area contributed by atoms with Gasteiger partial charge in [-0.1, -0.05) is 51.1 Å². The zero-order valence-corrected chi connectivity index (χ0v) is 12.0. The van der Waals surface area contributed by atoms with E-state index in [1.54, 1.807) is 5.56 Å². The fourth-order valence-electron chi connectivity index (χ4n) is 3.16. The molecule has 1 saturated carbocycles. The van der Waals surface area contributed by atoms with Gasteiger partial charge in [-0.15, -0.1) is 0 Å². The van der Waals surface area contributed by atoms with E-state index in [1.807, 2.05) is 0 Å². The molecule has 0 aliphatic heterocycles. The third-order valence-electron chi connectivity index (χ3n) is 4.10. The number of hydrogen-bond donors (Lipinski definition) is 1. The Kier molecular flexibility index (Phi) is 4.82. The molecule has 100 valence electrons. The molecule has 3 unspecified atom stereocenters. The lowest BCUT2D eigenvalue weighted by Crippen LogP contribution is -2.25. The first-order chi connectivity index (χ1) is 8.72. The largest absolute Gasteiger partial charge is 0.317 e. The Labute approximate surface area is 112 Å². The second kappa shape index (κ2) is 6.38. The minimum absolute atomic E-state index is 0.811. The number of rotatable bonds is 7. The molecule has 0 saturated heterocycles. The first kappa shape index (κ1) is 13.6. The van der Waals surface area contributed by atoms with Crippen molar-refractivity contribution in [3.8, 4) is 0 Å². The normalized spacial score (nSPS) is 24.2. The highest BCUT2D eigenvalue weighted by Gasteiger charge is 2.43. The lowest BCUT2D eigenvalue weighted by molar-refractivity contribution is 0.348. The predicted molar refractivity (Wildman–Crippen MR) is 78.8 cm³/mol. The number of nitrogens with one attached hydrogen (secondary N) is 1. The number of hydrogen-bond acceptors (Lipinski definition) is 1. The molecule has 1 heteroatoms. The number of benzene rings is 1. The summed E-state index contributed by atoms with van der Waals surface area (Å²) < 4.78 is 0. The summed E-state index contributed by atoms with van der Waals surface area (Å²) in [4.78, 5) is 0. The van der Waals surface area contributed by atoms with Crippen LogP contribution in [0.25, 0.3) is 0 Å². The quantitative estimate of drug-likeness (QED) is 0.764. The maximum absolute atomic E-state index is 3.55. The van der Waals surface area contributed by atoms with Crippen molar-refractivity contribution in [1.82, 2.24) is 5.32 Å². The Hall–Kier alpha value is -0.820. The van der Waals surface area contributed by atoms with E-state index in [1.165, 1.54) is 19.4 Å². The van der Waals surface area contributed by atoms with Crippen molar-refractivity contribution in [2.75, 3.05) is 13.1 Å². The summed E-state index contributed by atoms with van der Waals surface area (Å²) in [5.41, 5.74) is 1.55. The third kappa shape index (κ3) is 3.58. The van der Waals surface area contributed by atoms with Crippen LogP contribution in [-0.2, 0) is 0 Å². The van der Waals surface area contributed by atoms with Crippen molar-refractivity contribution in [3.05, 3.63) is 35.9 Å². The van der Waals surface area contributed by atoms with Gasteiger partial charge >= 0.3 is 0 Å². The molecule has 0 radical (unpaired) electrons. The average Bonchev–Trinajstić information content (AvgIpc) is 3.15. The molecule has 0 heterocycles. The molecule has 1 fully saturated rings. The molecular weight excluding hydrogens is 218 g/mol. The molecule has 1 aromatic rings. The Morgan fingerprint density at radius 1 is 1.22 bits per heavy atom. The van der Waals surface area contributed by atoms with Crippen molar-refractivity contribution in [1.29, 1.82) is 0 Å². The summed E-state index contributed by atoms with van der Waals surface area (Å²) >= 11 is 0. The topological polar surface area (TPSA) is 12.0 Å². The van der Waals surface area contributed by atoms with Gasteiger partial charge in [0.2, 0.25) is 0 Å². The minimum atomic E-state index is 0.811. The van der Waals surface area contributed by atoms with Gasteiger partial charge in [0.1, 0.15) is 0 Å². The highest BCUT2D eigenvalue weighted by Crippen LogP contribution is 2.53. The molecule has 1 aromatic carbocycles. The van der Waals surface area contributed by atoms with Crippen molar-refractivity contribution < 1.29 is 0 Å². The summed E-state index contributed by atoms with van der Waals surface area (Å²) in [5.74, 6) is 3.41. The second-order valence-corrected chi connectivity index (χ2v) is 6.11. The lowest BCUT2D eigenvalue weighted by atomic mass is 9.90. The molecule has 18 heavy (non-hydrogen) atoms. The highest BCUT2D eigenvalue weighted by molar-refractivity contribution is 5.26. The molecule has 0 amide bonds. The summed E-state index contributed by atoms with van der Waals surface area (Å²) in [7, 11) is 0. The van der Waals surface area contributed by atoms with Crippen LogP contribution in [-0.4, -0.2) is 13.1 Å². The third-order valence-corrected chi connectivity index (χ3v) is 4.10. The Balaban J connectivity index is 1.93. The summed E-state index contributed by atoms with van der Waals surface area (Å²) in [6, 6.07) is 11.1. The van der Waals surface area contributed by atoms with Gasteiger partial charge in [-0.2, -0.15) is 0 Å². The van der Waals surface area contributed by atoms with Crippen LogP contribution in [0.15, 0.2) is 30.3 Å². The van der Waals surface area contributed by atoms with Crippen LogP contribution in [0.1, 0.15) is 45.1 Å². The molecule has 0 bridgehead atoms. The maximum Gasteiger partial charge on any atom is -0.00177 e.